The zero-order valence-corrected chi connectivity index (χ0v) is 19.5. The van der Waals surface area contributed by atoms with E-state index in [4.69, 9.17) is 21.3 Å². The Morgan fingerprint density at radius 2 is 1.85 bits per heavy atom. The van der Waals surface area contributed by atoms with Crippen LogP contribution >= 0.6 is 11.6 Å². The molecule has 1 aliphatic rings. The normalized spacial score (nSPS) is 15.0. The minimum Gasteiger partial charge on any atom is -0.495 e. The van der Waals surface area contributed by atoms with Crippen LogP contribution in [0.5, 0.6) is 5.75 Å². The summed E-state index contributed by atoms with van der Waals surface area (Å²) < 4.78 is 7.57. The monoisotopic (exact) mass is 459 g/mol. The number of hydrogen-bond acceptors (Lipinski definition) is 3. The third kappa shape index (κ3) is 3.98. The van der Waals surface area contributed by atoms with Crippen molar-refractivity contribution in [3.63, 3.8) is 0 Å². The second-order valence-corrected chi connectivity index (χ2v) is 9.20. The fraction of sp³-hybridized carbons (Fsp3) is 0.259. The van der Waals surface area contributed by atoms with Gasteiger partial charge in [-0.2, -0.15) is 0 Å². The molecule has 1 aliphatic carbocycles. The molecule has 0 radical (unpaired) electrons. The van der Waals surface area contributed by atoms with Gasteiger partial charge in [-0.1, -0.05) is 36.6 Å². The number of carbonyl (C=O) groups excluding carboxylic acids is 1. The van der Waals surface area contributed by atoms with Crippen LogP contribution in [0.15, 0.2) is 67.0 Å². The summed E-state index contributed by atoms with van der Waals surface area (Å²) in [7, 11) is 1.61. The van der Waals surface area contributed by atoms with Crippen LogP contribution in [0.3, 0.4) is 0 Å². The van der Waals surface area contributed by atoms with Crippen molar-refractivity contribution < 1.29 is 9.53 Å². The Balaban J connectivity index is 1.50. The number of aryl methyl sites for hydroxylation is 1. The second-order valence-electron chi connectivity index (χ2n) is 8.76. The number of anilines is 1. The summed E-state index contributed by atoms with van der Waals surface area (Å²) in [6.07, 6.45) is 7.67. The van der Waals surface area contributed by atoms with E-state index in [1.807, 2.05) is 65.3 Å². The fourth-order valence-corrected chi connectivity index (χ4v) is 4.95. The molecule has 4 aromatic rings. The van der Waals surface area contributed by atoms with E-state index in [0.29, 0.717) is 16.5 Å². The highest BCUT2D eigenvalue weighted by Crippen LogP contribution is 2.43. The molecular formula is C27H26ClN3O2. The lowest BCUT2D eigenvalue weighted by Crippen LogP contribution is -2.38. The lowest BCUT2D eigenvalue weighted by Gasteiger charge is -2.29. The number of methoxy groups -OCH3 is 1. The summed E-state index contributed by atoms with van der Waals surface area (Å²) in [5, 5.41) is 3.85. The highest BCUT2D eigenvalue weighted by atomic mass is 35.5. The first-order valence-corrected chi connectivity index (χ1v) is 11.6. The van der Waals surface area contributed by atoms with Gasteiger partial charge in [0.15, 0.2) is 0 Å². The zero-order valence-electron chi connectivity index (χ0n) is 18.8. The first-order valence-electron chi connectivity index (χ1n) is 11.2. The van der Waals surface area contributed by atoms with Gasteiger partial charge in [0.25, 0.3) is 0 Å². The first-order chi connectivity index (χ1) is 16.0. The highest BCUT2D eigenvalue weighted by Gasteiger charge is 2.42. The second kappa shape index (κ2) is 8.56. The van der Waals surface area contributed by atoms with E-state index in [9.17, 15) is 4.79 Å². The van der Waals surface area contributed by atoms with Crippen molar-refractivity contribution in [1.82, 2.24) is 9.38 Å². The SMILES string of the molecule is COc1ccc(-c2cn3ccc(C)cc3n2)cc1NC(=O)C1(c2ccc(Cl)cc2)CCCC1. The van der Waals surface area contributed by atoms with Crippen LogP contribution in [0.25, 0.3) is 16.9 Å². The van der Waals surface area contributed by atoms with Gasteiger partial charge in [0, 0.05) is 23.0 Å². The number of carbonyl (C=O) groups is 1. The molecule has 0 unspecified atom stereocenters. The number of fused-ring (bicyclic) bond motifs is 1. The first kappa shape index (κ1) is 21.5. The van der Waals surface area contributed by atoms with Gasteiger partial charge in [-0.3, -0.25) is 4.79 Å². The number of imidazole rings is 1. The zero-order chi connectivity index (χ0) is 23.0. The van der Waals surface area contributed by atoms with Crippen molar-refractivity contribution in [1.29, 1.82) is 0 Å². The predicted molar refractivity (Wildman–Crippen MR) is 132 cm³/mol. The van der Waals surface area contributed by atoms with Crippen molar-refractivity contribution >= 4 is 28.8 Å². The molecule has 5 nitrogen and oxygen atoms in total. The summed E-state index contributed by atoms with van der Waals surface area (Å²) >= 11 is 6.10. The van der Waals surface area contributed by atoms with E-state index in [1.54, 1.807) is 7.11 Å². The number of ether oxygens (including phenoxy) is 1. The smallest absolute Gasteiger partial charge is 0.235 e. The molecule has 1 fully saturated rings. The molecule has 0 atom stereocenters. The number of amides is 1. The van der Waals surface area contributed by atoms with Gasteiger partial charge in [0.2, 0.25) is 5.91 Å². The molecular weight excluding hydrogens is 434 g/mol. The van der Waals surface area contributed by atoms with E-state index in [2.05, 4.69) is 18.3 Å². The van der Waals surface area contributed by atoms with Gasteiger partial charge in [-0.15, -0.1) is 0 Å². The third-order valence-corrected chi connectivity index (χ3v) is 6.90. The molecule has 0 bridgehead atoms. The van der Waals surface area contributed by atoms with Gasteiger partial charge < -0.3 is 14.5 Å². The number of nitrogens with zero attached hydrogens (tertiary/aromatic N) is 2. The summed E-state index contributed by atoms with van der Waals surface area (Å²) in [6, 6.07) is 17.5. The van der Waals surface area contributed by atoms with Gasteiger partial charge in [0.05, 0.1) is 23.9 Å². The van der Waals surface area contributed by atoms with E-state index < -0.39 is 5.41 Å². The molecule has 168 valence electrons. The van der Waals surface area contributed by atoms with Crippen LogP contribution in [0, 0.1) is 6.92 Å². The standard InChI is InChI=1S/C27H26ClN3O2/c1-18-11-14-31-17-23(29-25(31)15-18)19-5-10-24(33-2)22(16-19)30-26(32)27(12-3-4-13-27)20-6-8-21(28)9-7-20/h5-11,14-17H,3-4,12-13H2,1-2H3,(H,30,32). The van der Waals surface area contributed by atoms with Crippen LogP contribution in [0.2, 0.25) is 5.02 Å². The summed E-state index contributed by atoms with van der Waals surface area (Å²) in [6.45, 7) is 2.05. The minimum atomic E-state index is -0.563. The van der Waals surface area contributed by atoms with E-state index in [1.165, 1.54) is 0 Å². The molecule has 6 heteroatoms. The lowest BCUT2D eigenvalue weighted by molar-refractivity contribution is -0.121. The number of pyridine rings is 1. The molecule has 1 saturated carbocycles. The van der Waals surface area contributed by atoms with Crippen molar-refractivity contribution in [2.45, 2.75) is 38.0 Å². The van der Waals surface area contributed by atoms with Crippen molar-refractivity contribution in [2.24, 2.45) is 0 Å². The van der Waals surface area contributed by atoms with Gasteiger partial charge in [0.1, 0.15) is 11.4 Å². The van der Waals surface area contributed by atoms with Crippen LogP contribution in [-0.4, -0.2) is 22.4 Å². The van der Waals surface area contributed by atoms with E-state index in [0.717, 1.165) is 53.7 Å². The number of benzene rings is 2. The molecule has 0 aliphatic heterocycles. The van der Waals surface area contributed by atoms with Crippen LogP contribution in [-0.2, 0) is 10.2 Å². The number of aromatic nitrogens is 2. The summed E-state index contributed by atoms with van der Waals surface area (Å²) in [5.41, 5.74) is 4.89. The maximum Gasteiger partial charge on any atom is 0.235 e. The Bertz CT molecular complexity index is 1320. The largest absolute Gasteiger partial charge is 0.495 e. The van der Waals surface area contributed by atoms with Crippen molar-refractivity contribution in [3.05, 3.63) is 83.1 Å². The third-order valence-electron chi connectivity index (χ3n) is 6.65. The maximum atomic E-state index is 13.7. The average molecular weight is 460 g/mol. The Hall–Kier alpha value is -3.31. The Morgan fingerprint density at radius 1 is 1.09 bits per heavy atom. The number of rotatable bonds is 5. The Morgan fingerprint density at radius 3 is 2.58 bits per heavy atom. The van der Waals surface area contributed by atoms with Crippen molar-refractivity contribution in [2.75, 3.05) is 12.4 Å². The maximum absolute atomic E-state index is 13.7. The molecule has 2 aromatic carbocycles. The van der Waals surface area contributed by atoms with E-state index in [-0.39, 0.29) is 5.91 Å². The average Bonchev–Trinajstić information content (AvgIpc) is 3.47. The van der Waals surface area contributed by atoms with Crippen LogP contribution in [0.4, 0.5) is 5.69 Å². The van der Waals surface area contributed by atoms with E-state index >= 15 is 0 Å². The summed E-state index contributed by atoms with van der Waals surface area (Å²) in [4.78, 5) is 18.5. The minimum absolute atomic E-state index is 0.0107. The Labute approximate surface area is 198 Å². The molecule has 1 amide bonds. The molecule has 5 rings (SSSR count). The number of nitrogens with one attached hydrogen (secondary N) is 1. The summed E-state index contributed by atoms with van der Waals surface area (Å²) in [5.74, 6) is 0.611. The number of hydrogen-bond donors (Lipinski definition) is 1. The molecule has 0 saturated heterocycles. The lowest BCUT2D eigenvalue weighted by atomic mass is 9.78. The Kier molecular flexibility index (Phi) is 5.59. The molecule has 2 aromatic heterocycles. The van der Waals surface area contributed by atoms with Crippen LogP contribution in [0.1, 0.15) is 36.8 Å². The van der Waals surface area contributed by atoms with Gasteiger partial charge in [-0.05, 0) is 73.4 Å². The highest BCUT2D eigenvalue weighted by molar-refractivity contribution is 6.30. The van der Waals surface area contributed by atoms with Crippen LogP contribution < -0.4 is 10.1 Å². The van der Waals surface area contributed by atoms with Crippen molar-refractivity contribution in [3.8, 4) is 17.0 Å². The molecule has 1 N–H and O–H groups in total. The molecule has 0 spiro atoms. The van der Waals surface area contributed by atoms with Gasteiger partial charge >= 0.3 is 0 Å². The quantitative estimate of drug-likeness (QED) is 0.374. The molecule has 2 heterocycles. The fourth-order valence-electron chi connectivity index (χ4n) is 4.82. The number of halogens is 1. The predicted octanol–water partition coefficient (Wildman–Crippen LogP) is 6.42. The topological polar surface area (TPSA) is 55.6 Å². The van der Waals surface area contributed by atoms with Gasteiger partial charge in [-0.25, -0.2) is 4.98 Å². The molecule has 33 heavy (non-hydrogen) atoms.